The minimum atomic E-state index is 0.582. The van der Waals surface area contributed by atoms with Gasteiger partial charge in [-0.1, -0.05) is 0 Å². The number of imidazole rings is 1. The van der Waals surface area contributed by atoms with Crippen molar-refractivity contribution < 1.29 is 9.47 Å². The lowest BCUT2D eigenvalue weighted by Crippen LogP contribution is -2.44. The summed E-state index contributed by atoms with van der Waals surface area (Å²) in [5.41, 5.74) is 1.70. The normalized spacial score (nSPS) is 16.2. The molecule has 2 aromatic heterocycles. The molecule has 0 atom stereocenters. The number of morpholine rings is 1. The van der Waals surface area contributed by atoms with Crippen LogP contribution in [0.4, 0.5) is 0 Å². The third kappa shape index (κ3) is 1.85. The number of H-pyrrole nitrogens is 1. The molecule has 7 heteroatoms. The first-order valence-corrected chi connectivity index (χ1v) is 6.19. The molecular weight excluding hydrogens is 252 g/mol. The molecule has 0 bridgehead atoms. The van der Waals surface area contributed by atoms with Gasteiger partial charge in [0.05, 0.1) is 38.9 Å². The van der Waals surface area contributed by atoms with Crippen LogP contribution in [0.5, 0.6) is 5.88 Å². The Hall–Kier alpha value is -1.60. The first-order chi connectivity index (χ1) is 8.79. The second-order valence-corrected chi connectivity index (χ2v) is 4.42. The number of hydrogen-bond donors (Lipinski definition) is 1. The van der Waals surface area contributed by atoms with Gasteiger partial charge in [-0.25, -0.2) is 4.68 Å². The van der Waals surface area contributed by atoms with Crippen LogP contribution in [0, 0.1) is 4.77 Å². The van der Waals surface area contributed by atoms with Crippen molar-refractivity contribution in [3.05, 3.63) is 16.9 Å². The third-order valence-electron chi connectivity index (χ3n) is 2.96. The van der Waals surface area contributed by atoms with Crippen LogP contribution in [0.3, 0.4) is 0 Å². The predicted octanol–water partition coefficient (Wildman–Crippen LogP) is 1.07. The summed E-state index contributed by atoms with van der Waals surface area (Å²) in [6.07, 6.45) is 0. The molecule has 0 radical (unpaired) electrons. The summed E-state index contributed by atoms with van der Waals surface area (Å²) >= 11 is 5.36. The Morgan fingerprint density at radius 2 is 2.17 bits per heavy atom. The smallest absolute Gasteiger partial charge is 0.215 e. The zero-order valence-electron chi connectivity index (χ0n) is 10.0. The molecule has 3 heterocycles. The molecule has 1 N–H and O–H groups in total. The molecule has 0 unspecified atom stereocenters. The van der Waals surface area contributed by atoms with Gasteiger partial charge in [-0.2, -0.15) is 4.98 Å². The SMILES string of the molecule is COc1ccc2[nH]c(=S)n(N3CCOCC3)c2n1. The van der Waals surface area contributed by atoms with Crippen molar-refractivity contribution in [1.82, 2.24) is 14.6 Å². The zero-order chi connectivity index (χ0) is 12.5. The molecule has 0 amide bonds. The molecule has 6 nitrogen and oxygen atoms in total. The average Bonchev–Trinajstić information content (AvgIpc) is 2.74. The second kappa shape index (κ2) is 4.58. The fourth-order valence-electron chi connectivity index (χ4n) is 2.08. The first-order valence-electron chi connectivity index (χ1n) is 5.78. The summed E-state index contributed by atoms with van der Waals surface area (Å²) in [4.78, 5) is 7.60. The Kier molecular flexibility index (Phi) is 2.92. The van der Waals surface area contributed by atoms with Crippen LogP contribution in [0.2, 0.25) is 0 Å². The maximum Gasteiger partial charge on any atom is 0.215 e. The fourth-order valence-corrected chi connectivity index (χ4v) is 2.40. The van der Waals surface area contributed by atoms with E-state index in [-0.39, 0.29) is 0 Å². The number of nitrogens with zero attached hydrogens (tertiary/aromatic N) is 3. The molecule has 96 valence electrons. The lowest BCUT2D eigenvalue weighted by atomic mass is 10.4. The Labute approximate surface area is 109 Å². The van der Waals surface area contributed by atoms with Crippen molar-refractivity contribution in [3.8, 4) is 5.88 Å². The Morgan fingerprint density at radius 3 is 2.89 bits per heavy atom. The Bertz CT molecular complexity index is 615. The minimum Gasteiger partial charge on any atom is -0.481 e. The zero-order valence-corrected chi connectivity index (χ0v) is 10.9. The molecule has 2 aromatic rings. The molecular formula is C11H14N4O2S. The van der Waals surface area contributed by atoms with Crippen molar-refractivity contribution >= 4 is 23.4 Å². The van der Waals surface area contributed by atoms with Crippen molar-refractivity contribution in [2.75, 3.05) is 38.4 Å². The lowest BCUT2D eigenvalue weighted by Gasteiger charge is -2.29. The van der Waals surface area contributed by atoms with Crippen LogP contribution in [0.15, 0.2) is 12.1 Å². The van der Waals surface area contributed by atoms with Crippen LogP contribution in [0.1, 0.15) is 0 Å². The number of hydrogen-bond acceptors (Lipinski definition) is 5. The number of ether oxygens (including phenoxy) is 2. The molecule has 1 aliphatic rings. The van der Waals surface area contributed by atoms with Crippen LogP contribution in [-0.4, -0.2) is 48.1 Å². The van der Waals surface area contributed by atoms with Gasteiger partial charge in [-0.3, -0.25) is 0 Å². The summed E-state index contributed by atoms with van der Waals surface area (Å²) in [5, 5.41) is 2.14. The van der Waals surface area contributed by atoms with Gasteiger partial charge < -0.3 is 19.5 Å². The monoisotopic (exact) mass is 266 g/mol. The highest BCUT2D eigenvalue weighted by atomic mass is 32.1. The summed E-state index contributed by atoms with van der Waals surface area (Å²) in [5.74, 6) is 0.582. The topological polar surface area (TPSA) is 55.3 Å². The fraction of sp³-hybridized carbons (Fsp3) is 0.455. The lowest BCUT2D eigenvalue weighted by molar-refractivity contribution is 0.111. The molecule has 1 aliphatic heterocycles. The second-order valence-electron chi connectivity index (χ2n) is 4.03. The van der Waals surface area contributed by atoms with Gasteiger partial charge in [-0.05, 0) is 18.3 Å². The quantitative estimate of drug-likeness (QED) is 0.824. The van der Waals surface area contributed by atoms with E-state index in [1.165, 1.54) is 0 Å². The number of aromatic amines is 1. The third-order valence-corrected chi connectivity index (χ3v) is 3.24. The average molecular weight is 266 g/mol. The van der Waals surface area contributed by atoms with E-state index in [0.717, 1.165) is 24.3 Å². The van der Waals surface area contributed by atoms with Gasteiger partial charge >= 0.3 is 0 Å². The van der Waals surface area contributed by atoms with Gasteiger partial charge in [0.25, 0.3) is 0 Å². The van der Waals surface area contributed by atoms with Gasteiger partial charge in [0.2, 0.25) is 5.88 Å². The molecule has 3 rings (SSSR count). The highest BCUT2D eigenvalue weighted by Gasteiger charge is 2.16. The molecule has 0 aliphatic carbocycles. The Balaban J connectivity index is 2.13. The Morgan fingerprint density at radius 1 is 1.39 bits per heavy atom. The summed E-state index contributed by atoms with van der Waals surface area (Å²) in [6.45, 7) is 3.02. The van der Waals surface area contributed by atoms with Gasteiger partial charge in [0.1, 0.15) is 0 Å². The molecule has 0 saturated carbocycles. The molecule has 0 spiro atoms. The molecule has 1 fully saturated rings. The summed E-state index contributed by atoms with van der Waals surface area (Å²) in [6, 6.07) is 3.74. The van der Waals surface area contributed by atoms with E-state index in [2.05, 4.69) is 15.0 Å². The maximum atomic E-state index is 5.36. The van der Waals surface area contributed by atoms with Crippen molar-refractivity contribution in [2.24, 2.45) is 0 Å². The number of methoxy groups -OCH3 is 1. The number of aromatic nitrogens is 3. The van der Waals surface area contributed by atoms with E-state index in [9.17, 15) is 0 Å². The van der Waals surface area contributed by atoms with Crippen molar-refractivity contribution in [2.45, 2.75) is 0 Å². The molecule has 18 heavy (non-hydrogen) atoms. The van der Waals surface area contributed by atoms with E-state index >= 15 is 0 Å². The number of rotatable bonds is 2. The van der Waals surface area contributed by atoms with Crippen LogP contribution < -0.4 is 9.75 Å². The van der Waals surface area contributed by atoms with Gasteiger partial charge in [0, 0.05) is 6.07 Å². The van der Waals surface area contributed by atoms with Gasteiger partial charge in [0.15, 0.2) is 10.4 Å². The maximum absolute atomic E-state index is 5.36. The molecule has 1 saturated heterocycles. The largest absolute Gasteiger partial charge is 0.481 e. The van der Waals surface area contributed by atoms with Crippen molar-refractivity contribution in [3.63, 3.8) is 0 Å². The standard InChI is InChI=1S/C11H14N4O2S/c1-16-9-3-2-8-10(13-9)15(11(18)12-8)14-4-6-17-7-5-14/h2-3H,4-7H2,1H3,(H,12,18). The molecule has 0 aromatic carbocycles. The summed E-state index contributed by atoms with van der Waals surface area (Å²) < 4.78 is 13.1. The van der Waals surface area contributed by atoms with E-state index in [0.29, 0.717) is 23.9 Å². The van der Waals surface area contributed by atoms with E-state index in [4.69, 9.17) is 21.7 Å². The highest BCUT2D eigenvalue weighted by Crippen LogP contribution is 2.17. The van der Waals surface area contributed by atoms with Gasteiger partial charge in [-0.15, -0.1) is 0 Å². The first kappa shape index (κ1) is 11.5. The van der Waals surface area contributed by atoms with Crippen molar-refractivity contribution in [1.29, 1.82) is 0 Å². The highest BCUT2D eigenvalue weighted by molar-refractivity contribution is 7.71. The van der Waals surface area contributed by atoms with E-state index in [1.807, 2.05) is 16.8 Å². The van der Waals surface area contributed by atoms with Crippen LogP contribution >= 0.6 is 12.2 Å². The summed E-state index contributed by atoms with van der Waals surface area (Å²) in [7, 11) is 1.61. The number of fused-ring (bicyclic) bond motifs is 1. The van der Waals surface area contributed by atoms with E-state index in [1.54, 1.807) is 7.11 Å². The predicted molar refractivity (Wildman–Crippen MR) is 70.2 cm³/mol. The minimum absolute atomic E-state index is 0.582. The van der Waals surface area contributed by atoms with Crippen LogP contribution in [0.25, 0.3) is 11.2 Å². The number of pyridine rings is 1. The number of nitrogens with one attached hydrogen (secondary N) is 1. The van der Waals surface area contributed by atoms with Crippen LogP contribution in [-0.2, 0) is 4.74 Å². The van der Waals surface area contributed by atoms with E-state index < -0.39 is 0 Å².